The highest BCUT2D eigenvalue weighted by Crippen LogP contribution is 2.55. The molecule has 1 spiro atoms. The summed E-state index contributed by atoms with van der Waals surface area (Å²) in [6.07, 6.45) is 11.6. The lowest BCUT2D eigenvalue weighted by atomic mass is 9.74. The second-order valence-electron chi connectivity index (χ2n) is 11.8. The Morgan fingerprint density at radius 3 is 2.47 bits per heavy atom. The first-order valence-electron chi connectivity index (χ1n) is 15.0. The van der Waals surface area contributed by atoms with Crippen LogP contribution < -0.4 is 15.4 Å². The Bertz CT molecular complexity index is 1520. The van der Waals surface area contributed by atoms with Gasteiger partial charge in [-0.05, 0) is 60.9 Å². The molecule has 43 heavy (non-hydrogen) atoms. The minimum atomic E-state index is -1.21. The van der Waals surface area contributed by atoms with Gasteiger partial charge in [-0.1, -0.05) is 55.7 Å². The van der Waals surface area contributed by atoms with Crippen molar-refractivity contribution >= 4 is 23.4 Å². The van der Waals surface area contributed by atoms with Crippen molar-refractivity contribution in [2.45, 2.75) is 62.4 Å². The first-order chi connectivity index (χ1) is 21.0. The number of para-hydroxylation sites is 1. The largest absolute Gasteiger partial charge is 0.457 e. The summed E-state index contributed by atoms with van der Waals surface area (Å²) in [5.74, 6) is -1.05. The van der Waals surface area contributed by atoms with Crippen LogP contribution in [0.5, 0.6) is 11.5 Å². The van der Waals surface area contributed by atoms with Crippen LogP contribution in [0.25, 0.3) is 0 Å². The lowest BCUT2D eigenvalue weighted by Gasteiger charge is -2.34. The van der Waals surface area contributed by atoms with Gasteiger partial charge >= 0.3 is 0 Å². The number of rotatable bonds is 8. The molecule has 0 radical (unpaired) electrons. The fourth-order valence-corrected chi connectivity index (χ4v) is 7.11. The Kier molecular flexibility index (Phi) is 7.18. The fraction of sp³-hybridized carbons (Fsp3) is 0.353. The number of fused-ring (bicyclic) bond motifs is 1. The summed E-state index contributed by atoms with van der Waals surface area (Å²) in [6, 6.07) is 19.4. The van der Waals surface area contributed by atoms with Crippen molar-refractivity contribution in [1.82, 2.24) is 15.2 Å². The number of aromatic nitrogens is 1. The number of carbonyl (C=O) groups excluding carboxylic acids is 3. The summed E-state index contributed by atoms with van der Waals surface area (Å²) in [7, 11) is 0. The molecular formula is C34H34N4O5. The van der Waals surface area contributed by atoms with Gasteiger partial charge in [-0.25, -0.2) is 0 Å². The topological polar surface area (TPSA) is 110 Å². The van der Waals surface area contributed by atoms with Crippen molar-refractivity contribution in [3.63, 3.8) is 0 Å². The van der Waals surface area contributed by atoms with Crippen molar-refractivity contribution in [2.24, 2.45) is 11.8 Å². The number of hydrogen-bond acceptors (Lipinski definition) is 6. The number of nitrogens with one attached hydrogen (secondary N) is 2. The van der Waals surface area contributed by atoms with Crippen LogP contribution in [0, 0.1) is 11.8 Å². The first-order valence-corrected chi connectivity index (χ1v) is 15.0. The minimum Gasteiger partial charge on any atom is -0.457 e. The molecule has 7 rings (SSSR count). The zero-order chi connectivity index (χ0) is 29.4. The maximum absolute atomic E-state index is 14.2. The maximum atomic E-state index is 14.2. The van der Waals surface area contributed by atoms with Gasteiger partial charge in [-0.2, -0.15) is 0 Å². The first kappa shape index (κ1) is 27.3. The minimum absolute atomic E-state index is 0.0718. The van der Waals surface area contributed by atoms with Crippen molar-refractivity contribution in [1.29, 1.82) is 0 Å². The molecule has 220 valence electrons. The van der Waals surface area contributed by atoms with E-state index in [1.54, 1.807) is 47.6 Å². The zero-order valence-electron chi connectivity index (χ0n) is 23.7. The summed E-state index contributed by atoms with van der Waals surface area (Å²) in [6.45, 7) is 0.201. The number of likely N-dealkylation sites (tertiary alicyclic amines) is 1. The Morgan fingerprint density at radius 2 is 1.72 bits per heavy atom. The summed E-state index contributed by atoms with van der Waals surface area (Å²) in [5.41, 5.74) is 0.174. The number of ether oxygens (including phenoxy) is 2. The van der Waals surface area contributed by atoms with Crippen LogP contribution in [-0.2, 0) is 25.7 Å². The van der Waals surface area contributed by atoms with Crippen LogP contribution in [0.4, 0.5) is 5.69 Å². The predicted molar refractivity (Wildman–Crippen MR) is 159 cm³/mol. The van der Waals surface area contributed by atoms with Gasteiger partial charge < -0.3 is 25.0 Å². The second-order valence-corrected chi connectivity index (χ2v) is 11.8. The average molecular weight is 579 g/mol. The number of hydrogen-bond donors (Lipinski definition) is 2. The average Bonchev–Trinajstić information content (AvgIpc) is 3.67. The van der Waals surface area contributed by atoms with E-state index in [0.717, 1.165) is 31.2 Å². The highest BCUT2D eigenvalue weighted by atomic mass is 16.5. The van der Waals surface area contributed by atoms with E-state index in [0.29, 0.717) is 17.2 Å². The van der Waals surface area contributed by atoms with E-state index in [4.69, 9.17) is 9.47 Å². The van der Waals surface area contributed by atoms with E-state index in [2.05, 4.69) is 15.6 Å². The molecule has 3 aliphatic heterocycles. The molecule has 1 saturated carbocycles. The summed E-state index contributed by atoms with van der Waals surface area (Å²) < 4.78 is 12.3. The Hall–Kier alpha value is -4.50. The van der Waals surface area contributed by atoms with Gasteiger partial charge in [0, 0.05) is 30.7 Å². The van der Waals surface area contributed by atoms with E-state index >= 15 is 0 Å². The van der Waals surface area contributed by atoms with Crippen LogP contribution in [0.15, 0.2) is 91.3 Å². The van der Waals surface area contributed by atoms with Crippen LogP contribution in [0.2, 0.25) is 0 Å². The van der Waals surface area contributed by atoms with Gasteiger partial charge in [0.25, 0.3) is 0 Å². The van der Waals surface area contributed by atoms with Gasteiger partial charge in [0.1, 0.15) is 23.1 Å². The normalized spacial score (nSPS) is 27.6. The fourth-order valence-electron chi connectivity index (χ4n) is 7.11. The smallest absolute Gasteiger partial charge is 0.246 e. The molecule has 2 aromatic carbocycles. The lowest BCUT2D eigenvalue weighted by Crippen LogP contribution is -2.56. The highest BCUT2D eigenvalue weighted by Gasteiger charge is 2.72. The van der Waals surface area contributed by atoms with E-state index in [1.807, 2.05) is 48.6 Å². The molecule has 0 unspecified atom stereocenters. The molecule has 3 aromatic rings. The third-order valence-corrected chi connectivity index (χ3v) is 9.05. The van der Waals surface area contributed by atoms with Gasteiger partial charge in [-0.3, -0.25) is 19.4 Å². The highest BCUT2D eigenvalue weighted by molar-refractivity contribution is 6.02. The molecule has 3 fully saturated rings. The Labute approximate surface area is 250 Å². The molecule has 1 aliphatic carbocycles. The summed E-state index contributed by atoms with van der Waals surface area (Å²) in [4.78, 5) is 47.7. The molecule has 5 atom stereocenters. The van der Waals surface area contributed by atoms with E-state index in [9.17, 15) is 14.4 Å². The number of pyridine rings is 1. The molecule has 4 heterocycles. The third kappa shape index (κ3) is 5.07. The molecule has 9 heteroatoms. The van der Waals surface area contributed by atoms with Gasteiger partial charge in [-0.15, -0.1) is 0 Å². The van der Waals surface area contributed by atoms with Crippen molar-refractivity contribution in [3.8, 4) is 11.5 Å². The quantitative estimate of drug-likeness (QED) is 0.378. The molecule has 2 saturated heterocycles. The van der Waals surface area contributed by atoms with Gasteiger partial charge in [0.15, 0.2) is 0 Å². The van der Waals surface area contributed by atoms with E-state index < -0.39 is 29.6 Å². The number of carbonyl (C=O) groups is 3. The van der Waals surface area contributed by atoms with Crippen molar-refractivity contribution in [2.75, 3.05) is 5.32 Å². The molecule has 9 nitrogen and oxygen atoms in total. The second kappa shape index (κ2) is 11.3. The number of amides is 3. The Morgan fingerprint density at radius 1 is 0.953 bits per heavy atom. The van der Waals surface area contributed by atoms with Crippen molar-refractivity contribution < 1.29 is 23.9 Å². The number of anilines is 1. The molecule has 2 N–H and O–H groups in total. The van der Waals surface area contributed by atoms with E-state index in [1.165, 1.54) is 6.42 Å². The standard InChI is InChI=1S/C34H34N4O5/c39-31(36-24-13-15-26(16-14-24)42-25-11-5-2-6-12-25)28-27-17-18-34(43-27)29(28)33(41)38(21-22-8-7-19-35-20-22)30(34)32(40)37-23-9-3-1-4-10-23/h2,5-8,11-20,23,27-30H,1,3-4,9-10,21H2,(H,36,39)(H,37,40)/t27-,28-,29-,30+,34-/m1/s1. The molecule has 3 amide bonds. The summed E-state index contributed by atoms with van der Waals surface area (Å²) >= 11 is 0. The van der Waals surface area contributed by atoms with Crippen LogP contribution in [-0.4, -0.2) is 51.4 Å². The molecule has 4 aliphatic rings. The third-order valence-electron chi connectivity index (χ3n) is 9.05. The van der Waals surface area contributed by atoms with Crippen molar-refractivity contribution in [3.05, 3.63) is 96.8 Å². The number of benzene rings is 2. The van der Waals surface area contributed by atoms with Crippen LogP contribution >= 0.6 is 0 Å². The monoisotopic (exact) mass is 578 g/mol. The Balaban J connectivity index is 1.13. The SMILES string of the molecule is O=C(Nc1ccc(Oc2ccccc2)cc1)[C@@H]1[C@H]2C=C[C@]3(O2)[C@H](C(=O)NC2CCCCC2)N(Cc2cccnc2)C(=O)[C@@H]13. The van der Waals surface area contributed by atoms with Gasteiger partial charge in [0.2, 0.25) is 17.7 Å². The summed E-state index contributed by atoms with van der Waals surface area (Å²) in [5, 5.41) is 6.19. The maximum Gasteiger partial charge on any atom is 0.246 e. The lowest BCUT2D eigenvalue weighted by molar-refractivity contribution is -0.142. The van der Waals surface area contributed by atoms with Crippen LogP contribution in [0.3, 0.4) is 0 Å². The molecular weight excluding hydrogens is 544 g/mol. The van der Waals surface area contributed by atoms with Gasteiger partial charge in [0.05, 0.1) is 17.9 Å². The predicted octanol–water partition coefficient (Wildman–Crippen LogP) is 4.61. The number of nitrogens with zero attached hydrogens (tertiary/aromatic N) is 2. The van der Waals surface area contributed by atoms with Crippen LogP contribution in [0.1, 0.15) is 37.7 Å². The molecule has 1 aromatic heterocycles. The zero-order valence-corrected chi connectivity index (χ0v) is 23.7. The van der Waals surface area contributed by atoms with E-state index in [-0.39, 0.29) is 30.3 Å². The molecule has 2 bridgehead atoms.